The predicted molar refractivity (Wildman–Crippen MR) is 107 cm³/mol. The number of likely N-dealkylation sites (tertiary alicyclic amines) is 1. The molecule has 0 bridgehead atoms. The summed E-state index contributed by atoms with van der Waals surface area (Å²) in [5, 5.41) is 9.30. The summed E-state index contributed by atoms with van der Waals surface area (Å²) in [5.41, 5.74) is -0.0128. The third kappa shape index (κ3) is 6.21. The molecule has 0 radical (unpaired) electrons. The van der Waals surface area contributed by atoms with Gasteiger partial charge in [-0.1, -0.05) is 40.0 Å². The second-order valence-corrected chi connectivity index (χ2v) is 8.95. The molecule has 5 heteroatoms. The van der Waals surface area contributed by atoms with Crippen LogP contribution in [0.15, 0.2) is 11.8 Å². The summed E-state index contributed by atoms with van der Waals surface area (Å²) < 4.78 is 12.0. The Morgan fingerprint density at radius 3 is 2.41 bits per heavy atom. The van der Waals surface area contributed by atoms with Crippen molar-refractivity contribution in [3.63, 3.8) is 0 Å². The van der Waals surface area contributed by atoms with Gasteiger partial charge in [0.1, 0.15) is 0 Å². The molecule has 0 unspecified atom stereocenters. The van der Waals surface area contributed by atoms with Gasteiger partial charge in [0.25, 0.3) is 5.91 Å². The normalized spacial score (nSPS) is 27.4. The maximum absolute atomic E-state index is 13.2. The molecule has 27 heavy (non-hydrogen) atoms. The van der Waals surface area contributed by atoms with Gasteiger partial charge in [0, 0.05) is 32.2 Å². The molecular formula is C22H39NO4. The van der Waals surface area contributed by atoms with Crippen molar-refractivity contribution in [1.29, 1.82) is 0 Å². The van der Waals surface area contributed by atoms with E-state index < -0.39 is 6.29 Å². The minimum Gasteiger partial charge on any atom is -0.459 e. The molecule has 2 aliphatic heterocycles. The number of rotatable bonds is 6. The summed E-state index contributed by atoms with van der Waals surface area (Å²) in [6, 6.07) is 0. The highest BCUT2D eigenvalue weighted by Gasteiger charge is 2.42. The van der Waals surface area contributed by atoms with Gasteiger partial charge in [0.2, 0.25) is 6.29 Å². The molecule has 1 saturated heterocycles. The molecular weight excluding hydrogens is 342 g/mol. The van der Waals surface area contributed by atoms with Crippen LogP contribution in [0, 0.1) is 17.3 Å². The van der Waals surface area contributed by atoms with Crippen LogP contribution in [0.2, 0.25) is 0 Å². The molecule has 0 aliphatic carbocycles. The number of nitrogens with zero attached hydrogens (tertiary/aromatic N) is 1. The van der Waals surface area contributed by atoms with E-state index in [1.54, 1.807) is 0 Å². The van der Waals surface area contributed by atoms with Crippen LogP contribution in [0.25, 0.3) is 0 Å². The van der Waals surface area contributed by atoms with Crippen LogP contribution in [-0.2, 0) is 14.3 Å². The summed E-state index contributed by atoms with van der Waals surface area (Å²) >= 11 is 0. The van der Waals surface area contributed by atoms with E-state index in [1.165, 1.54) is 19.3 Å². The second-order valence-electron chi connectivity index (χ2n) is 8.95. The molecule has 2 rings (SSSR count). The number of hydrogen-bond acceptors (Lipinski definition) is 4. The Morgan fingerprint density at radius 2 is 1.85 bits per heavy atom. The average molecular weight is 382 g/mol. The fourth-order valence-corrected chi connectivity index (χ4v) is 4.29. The zero-order valence-corrected chi connectivity index (χ0v) is 17.7. The first kappa shape index (κ1) is 22.2. The van der Waals surface area contributed by atoms with Crippen molar-refractivity contribution in [2.45, 2.75) is 78.9 Å². The van der Waals surface area contributed by atoms with Gasteiger partial charge in [0.15, 0.2) is 5.76 Å². The molecule has 0 saturated carbocycles. The van der Waals surface area contributed by atoms with Crippen molar-refractivity contribution in [3.8, 4) is 0 Å². The summed E-state index contributed by atoms with van der Waals surface area (Å²) in [7, 11) is 0. The quantitative estimate of drug-likeness (QED) is 0.752. The lowest BCUT2D eigenvalue weighted by molar-refractivity contribution is -0.182. The van der Waals surface area contributed by atoms with Crippen molar-refractivity contribution in [2.75, 3.05) is 26.3 Å². The Kier molecular flexibility index (Phi) is 8.62. The van der Waals surface area contributed by atoms with Crippen LogP contribution < -0.4 is 0 Å². The SMILES string of the molecule is CCO[C@@H]1OC(C(=O)N2CCCCCCC2)=C[C@H](C(C)(C)C)[C@@H]1CCCO. The zero-order chi connectivity index (χ0) is 19.9. The number of hydrogen-bond donors (Lipinski definition) is 1. The van der Waals surface area contributed by atoms with Crippen LogP contribution in [0.5, 0.6) is 0 Å². The van der Waals surface area contributed by atoms with Crippen LogP contribution in [0.1, 0.15) is 72.6 Å². The molecule has 3 atom stereocenters. The topological polar surface area (TPSA) is 59.0 Å². The van der Waals surface area contributed by atoms with E-state index in [4.69, 9.17) is 9.47 Å². The molecule has 1 N–H and O–H groups in total. The van der Waals surface area contributed by atoms with Gasteiger partial charge in [0.05, 0.1) is 0 Å². The Bertz CT molecular complexity index is 489. The van der Waals surface area contributed by atoms with Gasteiger partial charge in [-0.3, -0.25) is 4.79 Å². The molecule has 1 fully saturated rings. The lowest BCUT2D eigenvalue weighted by Gasteiger charge is -2.43. The lowest BCUT2D eigenvalue weighted by Crippen LogP contribution is -2.44. The summed E-state index contributed by atoms with van der Waals surface area (Å²) in [4.78, 5) is 15.2. The molecule has 5 nitrogen and oxygen atoms in total. The Labute approximate surface area is 165 Å². The maximum atomic E-state index is 13.2. The number of aliphatic hydroxyl groups is 1. The molecule has 156 valence electrons. The third-order valence-corrected chi connectivity index (χ3v) is 5.77. The summed E-state index contributed by atoms with van der Waals surface area (Å²) in [6.07, 6.45) is 8.94. The first-order valence-corrected chi connectivity index (χ1v) is 10.8. The monoisotopic (exact) mass is 381 g/mol. The number of aliphatic hydroxyl groups excluding tert-OH is 1. The van der Waals surface area contributed by atoms with E-state index in [9.17, 15) is 9.90 Å². The van der Waals surface area contributed by atoms with Crippen molar-refractivity contribution in [2.24, 2.45) is 17.3 Å². The largest absolute Gasteiger partial charge is 0.459 e. The molecule has 2 heterocycles. The first-order valence-electron chi connectivity index (χ1n) is 10.8. The van der Waals surface area contributed by atoms with E-state index in [0.29, 0.717) is 18.8 Å². The van der Waals surface area contributed by atoms with Gasteiger partial charge in [-0.25, -0.2) is 0 Å². The number of amides is 1. The highest BCUT2D eigenvalue weighted by molar-refractivity contribution is 5.91. The van der Waals surface area contributed by atoms with E-state index in [0.717, 1.165) is 32.4 Å². The van der Waals surface area contributed by atoms with Gasteiger partial charge < -0.3 is 19.5 Å². The number of allylic oxidation sites excluding steroid dienone is 1. The van der Waals surface area contributed by atoms with E-state index in [1.807, 2.05) is 17.9 Å². The molecule has 0 aromatic heterocycles. The Balaban J connectivity index is 2.25. The van der Waals surface area contributed by atoms with Crippen LogP contribution >= 0.6 is 0 Å². The lowest BCUT2D eigenvalue weighted by atomic mass is 9.70. The van der Waals surface area contributed by atoms with Crippen LogP contribution in [-0.4, -0.2) is 48.5 Å². The van der Waals surface area contributed by atoms with E-state index in [2.05, 4.69) is 20.8 Å². The standard InChI is InChI=1S/C22H39NO4/c1-5-26-21-17(12-11-15-24)18(22(2,3)4)16-19(27-21)20(25)23-13-9-7-6-8-10-14-23/h16-18,21,24H,5-15H2,1-4H3/t17-,18-,21+/m0/s1. The van der Waals surface area contributed by atoms with Crippen LogP contribution in [0.3, 0.4) is 0 Å². The number of carbonyl (C=O) groups is 1. The molecule has 1 amide bonds. The average Bonchev–Trinajstić information content (AvgIpc) is 2.58. The zero-order valence-electron chi connectivity index (χ0n) is 17.7. The fraction of sp³-hybridized carbons (Fsp3) is 0.864. The van der Waals surface area contributed by atoms with Gasteiger partial charge in [-0.15, -0.1) is 0 Å². The first-order chi connectivity index (χ1) is 12.9. The van der Waals surface area contributed by atoms with Gasteiger partial charge in [-0.2, -0.15) is 0 Å². The number of carbonyl (C=O) groups excluding carboxylic acids is 1. The predicted octanol–water partition coefficient (Wildman–Crippen LogP) is 4.11. The smallest absolute Gasteiger partial charge is 0.288 e. The second kappa shape index (κ2) is 10.5. The molecule has 0 aromatic carbocycles. The highest BCUT2D eigenvalue weighted by Crippen LogP contribution is 2.43. The Morgan fingerprint density at radius 1 is 1.22 bits per heavy atom. The molecule has 0 spiro atoms. The minimum absolute atomic E-state index is 0.0106. The fourth-order valence-electron chi connectivity index (χ4n) is 4.29. The van der Waals surface area contributed by atoms with Crippen molar-refractivity contribution < 1.29 is 19.4 Å². The summed E-state index contributed by atoms with van der Waals surface area (Å²) in [5.74, 6) is 0.773. The number of ether oxygens (including phenoxy) is 2. The van der Waals surface area contributed by atoms with E-state index >= 15 is 0 Å². The van der Waals surface area contributed by atoms with Crippen LogP contribution in [0.4, 0.5) is 0 Å². The van der Waals surface area contributed by atoms with Crippen molar-refractivity contribution >= 4 is 5.91 Å². The maximum Gasteiger partial charge on any atom is 0.288 e. The molecule has 0 aromatic rings. The van der Waals surface area contributed by atoms with E-state index in [-0.39, 0.29) is 29.8 Å². The minimum atomic E-state index is -0.426. The van der Waals surface area contributed by atoms with Crippen molar-refractivity contribution in [3.05, 3.63) is 11.8 Å². The molecule has 2 aliphatic rings. The third-order valence-electron chi connectivity index (χ3n) is 5.77. The Hall–Kier alpha value is -1.07. The van der Waals surface area contributed by atoms with Gasteiger partial charge >= 0.3 is 0 Å². The van der Waals surface area contributed by atoms with Gasteiger partial charge in [-0.05, 0) is 50.0 Å². The highest BCUT2D eigenvalue weighted by atomic mass is 16.7. The van der Waals surface area contributed by atoms with Crippen molar-refractivity contribution in [1.82, 2.24) is 4.90 Å². The summed E-state index contributed by atoms with van der Waals surface area (Å²) in [6.45, 7) is 10.9.